The van der Waals surface area contributed by atoms with Crippen LogP contribution in [0.3, 0.4) is 0 Å². The van der Waals surface area contributed by atoms with E-state index in [1.807, 2.05) is 0 Å². The van der Waals surface area contributed by atoms with Crippen molar-refractivity contribution in [1.82, 2.24) is 10.6 Å². The summed E-state index contributed by atoms with van der Waals surface area (Å²) in [5.41, 5.74) is 2.70. The van der Waals surface area contributed by atoms with Crippen LogP contribution in [0.1, 0.15) is 51.2 Å². The third kappa shape index (κ3) is 6.52. The number of benzene rings is 1. The highest BCUT2D eigenvalue weighted by molar-refractivity contribution is 5.79. The summed E-state index contributed by atoms with van der Waals surface area (Å²) in [6, 6.07) is 6.32. The number of nitrogens with one attached hydrogen (secondary N) is 2. The summed E-state index contributed by atoms with van der Waals surface area (Å²) in [5, 5.41) is 6.86. The summed E-state index contributed by atoms with van der Waals surface area (Å²) < 4.78 is 11.2. The first-order valence-corrected chi connectivity index (χ1v) is 9.75. The van der Waals surface area contributed by atoms with Crippen LogP contribution in [0.2, 0.25) is 0 Å². The molecule has 1 saturated carbocycles. The van der Waals surface area contributed by atoms with Crippen LogP contribution in [0.15, 0.2) is 23.2 Å². The lowest BCUT2D eigenvalue weighted by atomic mass is 10.0. The van der Waals surface area contributed by atoms with Crippen molar-refractivity contribution in [3.8, 4) is 5.75 Å². The minimum atomic E-state index is 0.154. The maximum absolute atomic E-state index is 5.96. The number of aryl methyl sites for hydroxylation is 1. The molecule has 2 rings (SSSR count). The number of rotatable bonds is 10. The van der Waals surface area contributed by atoms with Crippen LogP contribution in [-0.4, -0.2) is 38.9 Å². The van der Waals surface area contributed by atoms with Crippen LogP contribution in [0, 0.1) is 12.3 Å². The fraction of sp³-hybridized carbons (Fsp3) is 0.667. The second kappa shape index (κ2) is 9.81. The van der Waals surface area contributed by atoms with Crippen molar-refractivity contribution in [2.45, 2.75) is 59.6 Å². The molecule has 0 radical (unpaired) electrons. The van der Waals surface area contributed by atoms with E-state index in [0.29, 0.717) is 12.0 Å². The minimum absolute atomic E-state index is 0.154. The largest absolute Gasteiger partial charge is 0.491 e. The number of hydrogen-bond acceptors (Lipinski definition) is 3. The smallest absolute Gasteiger partial charge is 0.191 e. The molecule has 2 N–H and O–H groups in total. The lowest BCUT2D eigenvalue weighted by molar-refractivity contribution is 0.172. The third-order valence-electron chi connectivity index (χ3n) is 4.76. The molecule has 0 atom stereocenters. The number of hydrogen-bond donors (Lipinski definition) is 2. The van der Waals surface area contributed by atoms with Crippen LogP contribution < -0.4 is 15.4 Å². The number of nitrogens with zero attached hydrogens (tertiary/aromatic N) is 1. The summed E-state index contributed by atoms with van der Waals surface area (Å²) in [7, 11) is 1.77. The van der Waals surface area contributed by atoms with Crippen LogP contribution in [0.5, 0.6) is 5.75 Å². The zero-order valence-corrected chi connectivity index (χ0v) is 17.0. The van der Waals surface area contributed by atoms with Crippen molar-refractivity contribution in [1.29, 1.82) is 0 Å². The SMILES string of the molecule is CCNC(=NCc1ccc(C)cc1OC(C)C)NCC1(CCOC)CC1. The molecule has 0 aromatic heterocycles. The molecule has 1 aliphatic carbocycles. The molecule has 0 unspecified atom stereocenters. The van der Waals surface area contributed by atoms with Crippen molar-refractivity contribution in [3.05, 3.63) is 29.3 Å². The van der Waals surface area contributed by atoms with Gasteiger partial charge >= 0.3 is 0 Å². The van der Waals surface area contributed by atoms with E-state index in [1.165, 1.54) is 18.4 Å². The van der Waals surface area contributed by atoms with Gasteiger partial charge in [-0.25, -0.2) is 4.99 Å². The predicted octanol–water partition coefficient (Wildman–Crippen LogP) is 3.65. The molecule has 1 aromatic rings. The molecule has 1 aromatic carbocycles. The van der Waals surface area contributed by atoms with Crippen molar-refractivity contribution in [2.75, 3.05) is 26.8 Å². The summed E-state index contributed by atoms with van der Waals surface area (Å²) in [6.07, 6.45) is 3.81. The van der Waals surface area contributed by atoms with E-state index in [0.717, 1.165) is 43.4 Å². The van der Waals surface area contributed by atoms with Gasteiger partial charge in [0.05, 0.1) is 12.6 Å². The van der Waals surface area contributed by atoms with Gasteiger partial charge in [-0.15, -0.1) is 0 Å². The van der Waals surface area contributed by atoms with Gasteiger partial charge < -0.3 is 20.1 Å². The zero-order chi connectivity index (χ0) is 19.0. The molecule has 1 aliphatic rings. The average Bonchev–Trinajstić information content (AvgIpc) is 3.37. The second-order valence-corrected chi connectivity index (χ2v) is 7.57. The summed E-state index contributed by atoms with van der Waals surface area (Å²) in [6.45, 7) is 11.5. The van der Waals surface area contributed by atoms with Gasteiger partial charge in [-0.3, -0.25) is 0 Å². The molecule has 0 aliphatic heterocycles. The number of ether oxygens (including phenoxy) is 2. The first-order valence-electron chi connectivity index (χ1n) is 9.75. The molecule has 0 bridgehead atoms. The Labute approximate surface area is 158 Å². The van der Waals surface area contributed by atoms with Gasteiger partial charge in [0, 0.05) is 32.4 Å². The number of methoxy groups -OCH3 is 1. The predicted molar refractivity (Wildman–Crippen MR) is 108 cm³/mol. The van der Waals surface area contributed by atoms with E-state index >= 15 is 0 Å². The van der Waals surface area contributed by atoms with Crippen LogP contribution in [-0.2, 0) is 11.3 Å². The Morgan fingerprint density at radius 2 is 2.04 bits per heavy atom. The molecule has 0 saturated heterocycles. The van der Waals surface area contributed by atoms with Crippen molar-refractivity contribution < 1.29 is 9.47 Å². The van der Waals surface area contributed by atoms with E-state index in [4.69, 9.17) is 14.5 Å². The van der Waals surface area contributed by atoms with Gasteiger partial charge in [-0.2, -0.15) is 0 Å². The number of aliphatic imine (C=N–C) groups is 1. The Kier molecular flexibility index (Phi) is 7.76. The second-order valence-electron chi connectivity index (χ2n) is 7.57. The molecule has 0 spiro atoms. The van der Waals surface area contributed by atoms with Gasteiger partial charge in [0.1, 0.15) is 5.75 Å². The van der Waals surface area contributed by atoms with Gasteiger partial charge in [-0.05, 0) is 64.0 Å². The van der Waals surface area contributed by atoms with Crippen LogP contribution >= 0.6 is 0 Å². The highest BCUT2D eigenvalue weighted by atomic mass is 16.5. The average molecular weight is 362 g/mol. The molecular formula is C21H35N3O2. The highest BCUT2D eigenvalue weighted by Crippen LogP contribution is 2.48. The molecule has 26 heavy (non-hydrogen) atoms. The fourth-order valence-corrected chi connectivity index (χ4v) is 2.94. The molecule has 0 heterocycles. The van der Waals surface area contributed by atoms with Gasteiger partial charge in [0.15, 0.2) is 5.96 Å². The lowest BCUT2D eigenvalue weighted by Gasteiger charge is -2.18. The Hall–Kier alpha value is -1.75. The van der Waals surface area contributed by atoms with Gasteiger partial charge in [0.2, 0.25) is 0 Å². The first kappa shape index (κ1) is 20.6. The first-order chi connectivity index (χ1) is 12.5. The fourth-order valence-electron chi connectivity index (χ4n) is 2.94. The van der Waals surface area contributed by atoms with E-state index < -0.39 is 0 Å². The van der Waals surface area contributed by atoms with Crippen LogP contribution in [0.4, 0.5) is 0 Å². The van der Waals surface area contributed by atoms with E-state index in [-0.39, 0.29) is 6.10 Å². The zero-order valence-electron chi connectivity index (χ0n) is 17.0. The Morgan fingerprint density at radius 1 is 1.27 bits per heavy atom. The molecule has 5 nitrogen and oxygen atoms in total. The summed E-state index contributed by atoms with van der Waals surface area (Å²) in [4.78, 5) is 4.78. The van der Waals surface area contributed by atoms with Crippen molar-refractivity contribution >= 4 is 5.96 Å². The van der Waals surface area contributed by atoms with Gasteiger partial charge in [0.25, 0.3) is 0 Å². The molecule has 146 valence electrons. The minimum Gasteiger partial charge on any atom is -0.491 e. The van der Waals surface area contributed by atoms with Crippen molar-refractivity contribution in [2.24, 2.45) is 10.4 Å². The Balaban J connectivity index is 2.00. The maximum Gasteiger partial charge on any atom is 0.191 e. The van der Waals surface area contributed by atoms with Gasteiger partial charge in [-0.1, -0.05) is 12.1 Å². The molecule has 1 fully saturated rings. The lowest BCUT2D eigenvalue weighted by Crippen LogP contribution is -2.40. The van der Waals surface area contributed by atoms with E-state index in [9.17, 15) is 0 Å². The Morgan fingerprint density at radius 3 is 2.65 bits per heavy atom. The standard InChI is InChI=1S/C21H35N3O2/c1-6-22-20(24-15-21(9-10-21)11-12-25-5)23-14-18-8-7-17(4)13-19(18)26-16(2)3/h7-8,13,16H,6,9-12,14-15H2,1-5H3,(H2,22,23,24). The molecular weight excluding hydrogens is 326 g/mol. The maximum atomic E-state index is 5.96. The third-order valence-corrected chi connectivity index (χ3v) is 4.76. The molecule has 0 amide bonds. The van der Waals surface area contributed by atoms with E-state index in [1.54, 1.807) is 7.11 Å². The Bertz CT molecular complexity index is 595. The summed E-state index contributed by atoms with van der Waals surface area (Å²) in [5.74, 6) is 1.80. The topological polar surface area (TPSA) is 54.9 Å². The molecule has 5 heteroatoms. The quantitative estimate of drug-likeness (QED) is 0.493. The highest BCUT2D eigenvalue weighted by Gasteiger charge is 2.41. The monoisotopic (exact) mass is 361 g/mol. The van der Waals surface area contributed by atoms with Crippen LogP contribution in [0.25, 0.3) is 0 Å². The van der Waals surface area contributed by atoms with Crippen molar-refractivity contribution in [3.63, 3.8) is 0 Å². The summed E-state index contributed by atoms with van der Waals surface area (Å²) >= 11 is 0. The normalized spacial score (nSPS) is 15.8. The van der Waals surface area contributed by atoms with E-state index in [2.05, 4.69) is 56.5 Å². The number of guanidine groups is 1.